The molecule has 5 heteroatoms. The molecule has 5 nitrogen and oxygen atoms in total. The van der Waals surface area contributed by atoms with Gasteiger partial charge in [-0.05, 0) is 6.92 Å². The molecule has 1 amide bonds. The third kappa shape index (κ3) is 0.761. The summed E-state index contributed by atoms with van der Waals surface area (Å²) in [5.74, 6) is 0.396. The van der Waals surface area contributed by atoms with E-state index in [1.807, 2.05) is 0 Å². The average molecular weight is 165 g/mol. The zero-order chi connectivity index (χ0) is 8.72. The number of rotatable bonds is 1. The Morgan fingerprint density at radius 3 is 3.08 bits per heavy atom. The van der Waals surface area contributed by atoms with E-state index >= 15 is 0 Å². The summed E-state index contributed by atoms with van der Waals surface area (Å²) < 4.78 is 1.50. The van der Waals surface area contributed by atoms with Gasteiger partial charge in [-0.15, -0.1) is 0 Å². The summed E-state index contributed by atoms with van der Waals surface area (Å²) in [5, 5.41) is 6.58. The van der Waals surface area contributed by atoms with E-state index in [2.05, 4.69) is 10.4 Å². The highest BCUT2D eigenvalue weighted by Crippen LogP contribution is 2.21. The molecular weight excluding hydrogens is 158 g/mol. The van der Waals surface area contributed by atoms with Crippen molar-refractivity contribution >= 4 is 18.0 Å². The topological polar surface area (TPSA) is 64.0 Å². The minimum absolute atomic E-state index is 0.124. The smallest absolute Gasteiger partial charge is 0.247 e. The molecule has 0 radical (unpaired) electrons. The molecule has 1 aromatic rings. The largest absolute Gasteiger partial charge is 0.309 e. The number of aryl methyl sites for hydroxylation is 1. The summed E-state index contributed by atoms with van der Waals surface area (Å²) in [7, 11) is 0. The number of amides is 1. The van der Waals surface area contributed by atoms with Gasteiger partial charge in [0.05, 0.1) is 11.3 Å². The highest BCUT2D eigenvalue weighted by Gasteiger charge is 2.23. The predicted molar refractivity (Wildman–Crippen MR) is 41.0 cm³/mol. The lowest BCUT2D eigenvalue weighted by molar-refractivity contribution is -0.116. The van der Waals surface area contributed by atoms with Crippen LogP contribution in [-0.4, -0.2) is 22.0 Å². The van der Waals surface area contributed by atoms with Crippen LogP contribution in [0.4, 0.5) is 5.82 Å². The number of hydrogen-bond acceptors (Lipinski definition) is 3. The molecule has 0 saturated carbocycles. The molecule has 62 valence electrons. The second kappa shape index (κ2) is 2.17. The maximum absolute atomic E-state index is 10.9. The van der Waals surface area contributed by atoms with Crippen LogP contribution in [0.25, 0.3) is 0 Å². The second-order valence-electron chi connectivity index (χ2n) is 2.67. The van der Waals surface area contributed by atoms with E-state index in [0.29, 0.717) is 23.4 Å². The second-order valence-corrected chi connectivity index (χ2v) is 2.67. The average Bonchev–Trinajstić information content (AvgIpc) is 2.43. The van der Waals surface area contributed by atoms with Gasteiger partial charge in [0.2, 0.25) is 5.91 Å². The van der Waals surface area contributed by atoms with Gasteiger partial charge in [0.15, 0.2) is 6.29 Å². The Bertz CT molecular complexity index is 367. The SMILES string of the molecule is Cc1nn2c(c1C=O)NC(=O)C2. The molecule has 2 rings (SSSR count). The first-order chi connectivity index (χ1) is 5.72. The van der Waals surface area contributed by atoms with Crippen LogP contribution in [0.5, 0.6) is 0 Å². The maximum Gasteiger partial charge on any atom is 0.247 e. The van der Waals surface area contributed by atoms with E-state index in [4.69, 9.17) is 0 Å². The monoisotopic (exact) mass is 165 g/mol. The fraction of sp³-hybridized carbons (Fsp3) is 0.286. The van der Waals surface area contributed by atoms with Gasteiger partial charge in [0, 0.05) is 0 Å². The minimum Gasteiger partial charge on any atom is -0.309 e. The van der Waals surface area contributed by atoms with Crippen molar-refractivity contribution in [2.45, 2.75) is 13.5 Å². The van der Waals surface area contributed by atoms with Crippen LogP contribution in [0.2, 0.25) is 0 Å². The normalized spacial score (nSPS) is 14.2. The van der Waals surface area contributed by atoms with E-state index in [-0.39, 0.29) is 12.5 Å². The molecule has 12 heavy (non-hydrogen) atoms. The molecule has 0 saturated heterocycles. The fourth-order valence-corrected chi connectivity index (χ4v) is 1.29. The quantitative estimate of drug-likeness (QED) is 0.593. The number of fused-ring (bicyclic) bond motifs is 1. The Morgan fingerprint density at radius 1 is 1.67 bits per heavy atom. The number of nitrogens with zero attached hydrogens (tertiary/aromatic N) is 2. The minimum atomic E-state index is -0.124. The molecule has 1 aromatic heterocycles. The van der Waals surface area contributed by atoms with E-state index in [9.17, 15) is 9.59 Å². The van der Waals surface area contributed by atoms with Gasteiger partial charge in [-0.3, -0.25) is 9.59 Å². The number of nitrogens with one attached hydrogen (secondary N) is 1. The summed E-state index contributed by atoms with van der Waals surface area (Å²) in [6, 6.07) is 0. The van der Waals surface area contributed by atoms with Crippen molar-refractivity contribution in [1.29, 1.82) is 0 Å². The molecule has 0 bridgehead atoms. The summed E-state index contributed by atoms with van der Waals surface area (Å²) in [4.78, 5) is 21.4. The number of anilines is 1. The molecule has 1 aliphatic rings. The van der Waals surface area contributed by atoms with E-state index in [0.717, 1.165) is 0 Å². The first-order valence-corrected chi connectivity index (χ1v) is 3.55. The van der Waals surface area contributed by atoms with Crippen LogP contribution < -0.4 is 5.32 Å². The van der Waals surface area contributed by atoms with Gasteiger partial charge in [-0.25, -0.2) is 4.68 Å². The van der Waals surface area contributed by atoms with Gasteiger partial charge in [0.25, 0.3) is 0 Å². The van der Waals surface area contributed by atoms with Crippen molar-refractivity contribution in [1.82, 2.24) is 9.78 Å². The van der Waals surface area contributed by atoms with Crippen molar-refractivity contribution in [2.24, 2.45) is 0 Å². The summed E-state index contributed by atoms with van der Waals surface area (Å²) in [6.07, 6.45) is 0.708. The first kappa shape index (κ1) is 7.02. The van der Waals surface area contributed by atoms with E-state index in [1.54, 1.807) is 6.92 Å². The molecule has 0 aliphatic carbocycles. The molecule has 1 aliphatic heterocycles. The van der Waals surface area contributed by atoms with Crippen LogP contribution in [-0.2, 0) is 11.3 Å². The lowest BCUT2D eigenvalue weighted by Gasteiger charge is -1.90. The van der Waals surface area contributed by atoms with Crippen molar-refractivity contribution in [3.05, 3.63) is 11.3 Å². The molecule has 0 spiro atoms. The van der Waals surface area contributed by atoms with Gasteiger partial charge < -0.3 is 5.32 Å². The van der Waals surface area contributed by atoms with Crippen LogP contribution in [0, 0.1) is 6.92 Å². The maximum atomic E-state index is 10.9. The molecule has 0 unspecified atom stereocenters. The van der Waals surface area contributed by atoms with Crippen LogP contribution in [0.1, 0.15) is 16.1 Å². The van der Waals surface area contributed by atoms with Crippen molar-refractivity contribution in [3.63, 3.8) is 0 Å². The Labute approximate surface area is 68.4 Å². The zero-order valence-corrected chi connectivity index (χ0v) is 6.50. The van der Waals surface area contributed by atoms with E-state index in [1.165, 1.54) is 4.68 Å². The van der Waals surface area contributed by atoms with Gasteiger partial charge in [0.1, 0.15) is 12.4 Å². The zero-order valence-electron chi connectivity index (χ0n) is 6.50. The van der Waals surface area contributed by atoms with Crippen LogP contribution >= 0.6 is 0 Å². The number of carbonyl (C=O) groups is 2. The number of carbonyl (C=O) groups excluding carboxylic acids is 2. The van der Waals surface area contributed by atoms with Crippen molar-refractivity contribution in [2.75, 3.05) is 5.32 Å². The molecule has 0 aromatic carbocycles. The highest BCUT2D eigenvalue weighted by molar-refractivity contribution is 5.99. The molecule has 1 N–H and O–H groups in total. The lowest BCUT2D eigenvalue weighted by Crippen LogP contribution is -2.07. The lowest BCUT2D eigenvalue weighted by atomic mass is 10.3. The fourth-order valence-electron chi connectivity index (χ4n) is 1.29. The molecule has 2 heterocycles. The Kier molecular flexibility index (Phi) is 1.27. The summed E-state index contributed by atoms with van der Waals surface area (Å²) in [6.45, 7) is 1.95. The summed E-state index contributed by atoms with van der Waals surface area (Å²) in [5.41, 5.74) is 1.13. The molecule has 0 atom stereocenters. The highest BCUT2D eigenvalue weighted by atomic mass is 16.2. The molecular formula is C7H7N3O2. The third-order valence-electron chi connectivity index (χ3n) is 1.84. The predicted octanol–water partition coefficient (Wildman–Crippen LogP) is -0.0439. The summed E-state index contributed by atoms with van der Waals surface area (Å²) >= 11 is 0. The third-order valence-corrected chi connectivity index (χ3v) is 1.84. The Balaban J connectivity index is 2.58. The van der Waals surface area contributed by atoms with Gasteiger partial charge >= 0.3 is 0 Å². The van der Waals surface area contributed by atoms with Gasteiger partial charge in [-0.1, -0.05) is 0 Å². The standard InChI is InChI=1S/C7H7N3O2/c1-4-5(3-11)7-8-6(12)2-10(7)9-4/h3H,2H2,1H3,(H,8,12). The Hall–Kier alpha value is -1.65. The number of aromatic nitrogens is 2. The molecule has 0 fully saturated rings. The number of hydrogen-bond donors (Lipinski definition) is 1. The van der Waals surface area contributed by atoms with Crippen molar-refractivity contribution in [3.8, 4) is 0 Å². The van der Waals surface area contributed by atoms with Gasteiger partial charge in [-0.2, -0.15) is 5.10 Å². The van der Waals surface area contributed by atoms with Crippen LogP contribution in [0.3, 0.4) is 0 Å². The number of aldehydes is 1. The van der Waals surface area contributed by atoms with Crippen LogP contribution in [0.15, 0.2) is 0 Å². The van der Waals surface area contributed by atoms with E-state index < -0.39 is 0 Å². The Morgan fingerprint density at radius 2 is 2.42 bits per heavy atom. The first-order valence-electron chi connectivity index (χ1n) is 3.55. The van der Waals surface area contributed by atoms with Crippen molar-refractivity contribution < 1.29 is 9.59 Å².